The molecule has 0 atom stereocenters. The van der Waals surface area contributed by atoms with Crippen molar-refractivity contribution in [2.75, 3.05) is 18.4 Å². The number of benzene rings is 1. The Morgan fingerprint density at radius 2 is 1.96 bits per heavy atom. The number of carbonyl (C=O) groups is 2. The molecule has 7 nitrogen and oxygen atoms in total. The van der Waals surface area contributed by atoms with E-state index in [2.05, 4.69) is 41.7 Å². The zero-order valence-corrected chi connectivity index (χ0v) is 14.5. The molecule has 0 saturated heterocycles. The first-order chi connectivity index (χ1) is 11.3. The van der Waals surface area contributed by atoms with Gasteiger partial charge < -0.3 is 20.4 Å². The Hall–Kier alpha value is -2.57. The molecule has 2 aromatic rings. The molecule has 2 rings (SSSR count). The maximum atomic E-state index is 11.8. The summed E-state index contributed by atoms with van der Waals surface area (Å²) in [6, 6.07) is 4.81. The summed E-state index contributed by atoms with van der Waals surface area (Å²) in [6.45, 7) is 8.64. The van der Waals surface area contributed by atoms with Gasteiger partial charge in [-0.3, -0.25) is 4.79 Å². The molecule has 7 heteroatoms. The number of oxazole rings is 1. The Morgan fingerprint density at radius 3 is 2.62 bits per heavy atom. The van der Waals surface area contributed by atoms with Gasteiger partial charge >= 0.3 is 6.03 Å². The van der Waals surface area contributed by atoms with E-state index in [4.69, 9.17) is 4.42 Å². The van der Waals surface area contributed by atoms with Gasteiger partial charge in [-0.1, -0.05) is 20.8 Å². The van der Waals surface area contributed by atoms with Crippen LogP contribution in [0.3, 0.4) is 0 Å². The average Bonchev–Trinajstić information content (AvgIpc) is 2.84. The van der Waals surface area contributed by atoms with E-state index in [0.717, 1.165) is 6.42 Å². The monoisotopic (exact) mass is 332 g/mol. The van der Waals surface area contributed by atoms with Crippen molar-refractivity contribution in [3.8, 4) is 0 Å². The van der Waals surface area contributed by atoms with Crippen LogP contribution < -0.4 is 16.0 Å². The number of amides is 3. The molecule has 0 aliphatic rings. The van der Waals surface area contributed by atoms with E-state index in [1.807, 2.05) is 6.92 Å². The van der Waals surface area contributed by atoms with Crippen LogP contribution in [0, 0.1) is 5.41 Å². The second kappa shape index (κ2) is 7.33. The molecule has 0 fully saturated rings. The van der Waals surface area contributed by atoms with Crippen molar-refractivity contribution in [1.29, 1.82) is 0 Å². The Labute approximate surface area is 141 Å². The Morgan fingerprint density at radius 1 is 1.21 bits per heavy atom. The molecule has 0 bridgehead atoms. The number of urea groups is 1. The molecule has 0 aliphatic carbocycles. The van der Waals surface area contributed by atoms with Crippen LogP contribution in [0.4, 0.5) is 10.5 Å². The Bertz CT molecular complexity index is 731. The molecule has 3 N–H and O–H groups in total. The fourth-order valence-corrected chi connectivity index (χ4v) is 2.18. The topological polar surface area (TPSA) is 96.3 Å². The highest BCUT2D eigenvalue weighted by Crippen LogP contribution is 2.25. The average molecular weight is 332 g/mol. The van der Waals surface area contributed by atoms with Gasteiger partial charge in [-0.05, 0) is 30.5 Å². The van der Waals surface area contributed by atoms with Gasteiger partial charge in [0.05, 0.1) is 6.54 Å². The van der Waals surface area contributed by atoms with Gasteiger partial charge in [-0.25, -0.2) is 9.78 Å². The van der Waals surface area contributed by atoms with Crippen molar-refractivity contribution in [3.63, 3.8) is 0 Å². The van der Waals surface area contributed by atoms with Crippen molar-refractivity contribution in [2.45, 2.75) is 34.1 Å². The molecule has 1 heterocycles. The predicted molar refractivity (Wildman–Crippen MR) is 92.9 cm³/mol. The van der Waals surface area contributed by atoms with Gasteiger partial charge in [0.2, 0.25) is 5.91 Å². The lowest BCUT2D eigenvalue weighted by atomic mass is 9.92. The molecule has 1 aromatic carbocycles. The fraction of sp³-hybridized carbons (Fsp3) is 0.471. The second-order valence-corrected chi connectivity index (χ2v) is 6.79. The second-order valence-electron chi connectivity index (χ2n) is 6.79. The molecular formula is C17H24N4O3. The van der Waals surface area contributed by atoms with Crippen LogP contribution in [0.25, 0.3) is 11.1 Å². The number of rotatable bonds is 5. The fourth-order valence-electron chi connectivity index (χ4n) is 2.18. The van der Waals surface area contributed by atoms with Gasteiger partial charge in [-0.15, -0.1) is 0 Å². The summed E-state index contributed by atoms with van der Waals surface area (Å²) < 4.78 is 5.72. The maximum Gasteiger partial charge on any atom is 0.319 e. The van der Waals surface area contributed by atoms with Gasteiger partial charge in [-0.2, -0.15) is 0 Å². The number of nitrogens with zero attached hydrogens (tertiary/aromatic N) is 1. The standard InChI is InChI=1S/C17H24N4O3/c1-5-18-14(22)10-19-16(23)20-11-6-7-13-12(8-11)21-15(24-13)9-17(2,3)4/h6-8H,5,9-10H2,1-4H3,(H,18,22)(H2,19,20,23). The number of hydrogen-bond donors (Lipinski definition) is 3. The number of likely N-dealkylation sites (N-methyl/N-ethyl adjacent to an activating group) is 1. The third kappa shape index (κ3) is 5.26. The first-order valence-electron chi connectivity index (χ1n) is 7.98. The first kappa shape index (κ1) is 17.8. The first-order valence-corrected chi connectivity index (χ1v) is 7.98. The minimum Gasteiger partial charge on any atom is -0.441 e. The summed E-state index contributed by atoms with van der Waals surface area (Å²) in [7, 11) is 0. The van der Waals surface area contributed by atoms with Gasteiger partial charge in [0.25, 0.3) is 0 Å². The van der Waals surface area contributed by atoms with E-state index in [1.54, 1.807) is 18.2 Å². The highest BCUT2D eigenvalue weighted by molar-refractivity contribution is 5.93. The molecule has 1 aromatic heterocycles. The third-order valence-electron chi connectivity index (χ3n) is 3.15. The Kier molecular flexibility index (Phi) is 5.43. The van der Waals surface area contributed by atoms with E-state index in [9.17, 15) is 9.59 Å². The molecular weight excluding hydrogens is 308 g/mol. The number of nitrogens with one attached hydrogen (secondary N) is 3. The summed E-state index contributed by atoms with van der Waals surface area (Å²) in [6.07, 6.45) is 0.734. The number of aromatic nitrogens is 1. The van der Waals surface area contributed by atoms with Crippen LogP contribution in [0.1, 0.15) is 33.6 Å². The van der Waals surface area contributed by atoms with Crippen molar-refractivity contribution >= 4 is 28.7 Å². The molecule has 24 heavy (non-hydrogen) atoms. The zero-order valence-electron chi connectivity index (χ0n) is 14.5. The van der Waals surface area contributed by atoms with E-state index in [1.165, 1.54) is 0 Å². The van der Waals surface area contributed by atoms with E-state index in [-0.39, 0.29) is 17.9 Å². The minimum atomic E-state index is -0.445. The normalized spacial score (nSPS) is 11.3. The van der Waals surface area contributed by atoms with Gasteiger partial charge in [0, 0.05) is 18.7 Å². The van der Waals surface area contributed by atoms with Crippen molar-refractivity contribution in [3.05, 3.63) is 24.1 Å². The summed E-state index contributed by atoms with van der Waals surface area (Å²) >= 11 is 0. The Balaban J connectivity index is 2.00. The lowest BCUT2D eigenvalue weighted by Gasteiger charge is -2.14. The minimum absolute atomic E-state index is 0.0678. The summed E-state index contributed by atoms with van der Waals surface area (Å²) in [4.78, 5) is 27.6. The smallest absolute Gasteiger partial charge is 0.319 e. The van der Waals surface area contributed by atoms with E-state index in [0.29, 0.717) is 29.2 Å². The van der Waals surface area contributed by atoms with Crippen LogP contribution in [0.15, 0.2) is 22.6 Å². The maximum absolute atomic E-state index is 11.8. The molecule has 130 valence electrons. The van der Waals surface area contributed by atoms with Gasteiger partial charge in [0.15, 0.2) is 11.5 Å². The molecule has 3 amide bonds. The van der Waals surface area contributed by atoms with E-state index >= 15 is 0 Å². The highest BCUT2D eigenvalue weighted by Gasteiger charge is 2.16. The highest BCUT2D eigenvalue weighted by atomic mass is 16.3. The van der Waals surface area contributed by atoms with Crippen LogP contribution in [0.2, 0.25) is 0 Å². The van der Waals surface area contributed by atoms with Crippen molar-refractivity contribution < 1.29 is 14.0 Å². The van der Waals surface area contributed by atoms with E-state index < -0.39 is 6.03 Å². The van der Waals surface area contributed by atoms with Crippen LogP contribution >= 0.6 is 0 Å². The summed E-state index contributed by atoms with van der Waals surface area (Å²) in [5.74, 6) is 0.446. The number of fused-ring (bicyclic) bond motifs is 1. The lowest BCUT2D eigenvalue weighted by Crippen LogP contribution is -2.38. The number of anilines is 1. The molecule has 0 radical (unpaired) electrons. The molecule has 0 saturated carbocycles. The zero-order chi connectivity index (χ0) is 17.7. The number of hydrogen-bond acceptors (Lipinski definition) is 4. The SMILES string of the molecule is CCNC(=O)CNC(=O)Nc1ccc2oc(CC(C)(C)C)nc2c1. The van der Waals surface area contributed by atoms with Crippen LogP contribution in [-0.4, -0.2) is 30.0 Å². The molecule has 0 unspecified atom stereocenters. The van der Waals surface area contributed by atoms with Crippen molar-refractivity contribution in [1.82, 2.24) is 15.6 Å². The van der Waals surface area contributed by atoms with Crippen molar-refractivity contribution in [2.24, 2.45) is 5.41 Å². The van der Waals surface area contributed by atoms with Gasteiger partial charge in [0.1, 0.15) is 5.52 Å². The summed E-state index contributed by atoms with van der Waals surface area (Å²) in [5.41, 5.74) is 2.05. The van der Waals surface area contributed by atoms with Crippen LogP contribution in [-0.2, 0) is 11.2 Å². The van der Waals surface area contributed by atoms with Crippen LogP contribution in [0.5, 0.6) is 0 Å². The molecule has 0 spiro atoms. The quantitative estimate of drug-likeness (QED) is 0.784. The predicted octanol–water partition coefficient (Wildman–Crippen LogP) is 2.67. The number of carbonyl (C=O) groups excluding carboxylic acids is 2. The molecule has 0 aliphatic heterocycles. The largest absolute Gasteiger partial charge is 0.441 e. The summed E-state index contributed by atoms with van der Waals surface area (Å²) in [5, 5.41) is 7.78. The third-order valence-corrected chi connectivity index (χ3v) is 3.15. The lowest BCUT2D eigenvalue weighted by molar-refractivity contribution is -0.119.